The molecule has 0 fully saturated rings. The van der Waals surface area contributed by atoms with Crippen molar-refractivity contribution in [2.24, 2.45) is 0 Å². The van der Waals surface area contributed by atoms with Crippen LogP contribution in [0.5, 0.6) is 0 Å². The van der Waals surface area contributed by atoms with E-state index in [4.69, 9.17) is 8.83 Å². The van der Waals surface area contributed by atoms with E-state index in [-0.39, 0.29) is 0 Å². The predicted molar refractivity (Wildman–Crippen MR) is 196 cm³/mol. The SMILES string of the molecule is c1ccc(N(c2ccc(-c3ccc4c(c3)oc3ccccc34)cc2)c2ccc3ccc4cc5oc6ccccc6c5cc4c3c2)cc1. The smallest absolute Gasteiger partial charge is 0.136 e. The maximum atomic E-state index is 6.21. The fraction of sp³-hybridized carbons (Fsp3) is 0. The van der Waals surface area contributed by atoms with Crippen LogP contribution < -0.4 is 4.90 Å². The minimum absolute atomic E-state index is 0.905. The van der Waals surface area contributed by atoms with Crippen LogP contribution >= 0.6 is 0 Å². The average Bonchev–Trinajstić information content (AvgIpc) is 3.69. The molecule has 10 aromatic rings. The Bertz CT molecular complexity index is 2790. The number of hydrogen-bond acceptors (Lipinski definition) is 3. The minimum atomic E-state index is 0.905. The first kappa shape index (κ1) is 26.0. The van der Waals surface area contributed by atoms with Crippen molar-refractivity contribution in [3.8, 4) is 11.1 Å². The quantitative estimate of drug-likeness (QED) is 0.188. The molecular weight excluding hydrogens is 574 g/mol. The van der Waals surface area contributed by atoms with Gasteiger partial charge in [0.2, 0.25) is 0 Å². The van der Waals surface area contributed by atoms with E-state index in [1.54, 1.807) is 0 Å². The molecular formula is C44H27NO2. The molecule has 0 bridgehead atoms. The van der Waals surface area contributed by atoms with Gasteiger partial charge in [0, 0.05) is 38.6 Å². The fourth-order valence-corrected chi connectivity index (χ4v) is 7.13. The summed E-state index contributed by atoms with van der Waals surface area (Å²) in [5, 5.41) is 9.37. The Morgan fingerprint density at radius 2 is 0.851 bits per heavy atom. The van der Waals surface area contributed by atoms with Gasteiger partial charge < -0.3 is 13.7 Å². The highest BCUT2D eigenvalue weighted by atomic mass is 16.3. The van der Waals surface area contributed by atoms with Gasteiger partial charge in [0.05, 0.1) is 0 Å². The summed E-state index contributed by atoms with van der Waals surface area (Å²) < 4.78 is 12.4. The van der Waals surface area contributed by atoms with E-state index in [0.717, 1.165) is 72.1 Å². The second-order valence-electron chi connectivity index (χ2n) is 12.2. The molecule has 0 saturated carbocycles. The maximum Gasteiger partial charge on any atom is 0.136 e. The van der Waals surface area contributed by atoms with Crippen LogP contribution in [0.2, 0.25) is 0 Å². The maximum absolute atomic E-state index is 6.21. The van der Waals surface area contributed by atoms with E-state index in [1.165, 1.54) is 21.5 Å². The molecule has 0 unspecified atom stereocenters. The second-order valence-corrected chi connectivity index (χ2v) is 12.2. The van der Waals surface area contributed by atoms with Crippen LogP contribution in [0.4, 0.5) is 17.1 Å². The molecule has 0 atom stereocenters. The van der Waals surface area contributed by atoms with Crippen molar-refractivity contribution in [1.29, 1.82) is 0 Å². The Morgan fingerprint density at radius 3 is 1.64 bits per heavy atom. The van der Waals surface area contributed by atoms with Crippen LogP contribution in [0.25, 0.3) is 76.5 Å². The molecule has 2 heterocycles. The molecule has 220 valence electrons. The van der Waals surface area contributed by atoms with Crippen LogP contribution in [-0.4, -0.2) is 0 Å². The molecule has 0 aliphatic carbocycles. The van der Waals surface area contributed by atoms with Crippen molar-refractivity contribution in [1.82, 2.24) is 0 Å². The van der Waals surface area contributed by atoms with Gasteiger partial charge in [0.1, 0.15) is 22.3 Å². The number of benzene rings is 8. The van der Waals surface area contributed by atoms with Crippen LogP contribution in [0.15, 0.2) is 173 Å². The number of nitrogens with zero attached hydrogens (tertiary/aromatic N) is 1. The Hall–Kier alpha value is -6.32. The first-order valence-corrected chi connectivity index (χ1v) is 15.9. The fourth-order valence-electron chi connectivity index (χ4n) is 7.13. The zero-order valence-electron chi connectivity index (χ0n) is 25.4. The number of para-hydroxylation sites is 3. The van der Waals surface area contributed by atoms with Crippen LogP contribution in [0, 0.1) is 0 Å². The zero-order chi connectivity index (χ0) is 30.9. The molecule has 0 N–H and O–H groups in total. The molecule has 3 nitrogen and oxygen atoms in total. The van der Waals surface area contributed by atoms with Gasteiger partial charge in [-0.05, 0) is 105 Å². The highest BCUT2D eigenvalue weighted by Crippen LogP contribution is 2.40. The molecule has 10 rings (SSSR count). The average molecular weight is 602 g/mol. The third-order valence-corrected chi connectivity index (χ3v) is 9.43. The molecule has 0 radical (unpaired) electrons. The molecule has 0 aliphatic rings. The van der Waals surface area contributed by atoms with E-state index in [9.17, 15) is 0 Å². The van der Waals surface area contributed by atoms with Crippen molar-refractivity contribution < 1.29 is 8.83 Å². The van der Waals surface area contributed by atoms with Gasteiger partial charge in [0.25, 0.3) is 0 Å². The number of furan rings is 2. The molecule has 8 aromatic carbocycles. The summed E-state index contributed by atoms with van der Waals surface area (Å²) >= 11 is 0. The molecule has 3 heteroatoms. The largest absolute Gasteiger partial charge is 0.456 e. The van der Waals surface area contributed by atoms with Crippen LogP contribution in [0.1, 0.15) is 0 Å². The summed E-state index contributed by atoms with van der Waals surface area (Å²) in [7, 11) is 0. The number of hydrogen-bond donors (Lipinski definition) is 0. The third kappa shape index (κ3) is 4.14. The van der Waals surface area contributed by atoms with Crippen molar-refractivity contribution >= 4 is 82.5 Å². The molecule has 0 spiro atoms. The number of fused-ring (bicyclic) bond motifs is 9. The number of rotatable bonds is 4. The lowest BCUT2D eigenvalue weighted by Crippen LogP contribution is -2.09. The van der Waals surface area contributed by atoms with Gasteiger partial charge in [0.15, 0.2) is 0 Å². The van der Waals surface area contributed by atoms with Crippen molar-refractivity contribution in [3.63, 3.8) is 0 Å². The Labute approximate surface area is 270 Å². The lowest BCUT2D eigenvalue weighted by Gasteiger charge is -2.26. The van der Waals surface area contributed by atoms with E-state index < -0.39 is 0 Å². The highest BCUT2D eigenvalue weighted by Gasteiger charge is 2.16. The molecule has 47 heavy (non-hydrogen) atoms. The van der Waals surface area contributed by atoms with Gasteiger partial charge in [-0.2, -0.15) is 0 Å². The Morgan fingerprint density at radius 1 is 0.298 bits per heavy atom. The summed E-state index contributed by atoms with van der Waals surface area (Å²) in [5.41, 5.74) is 9.22. The lowest BCUT2D eigenvalue weighted by atomic mass is 9.98. The lowest BCUT2D eigenvalue weighted by molar-refractivity contribution is 0.669. The molecule has 0 saturated heterocycles. The molecule has 0 amide bonds. The topological polar surface area (TPSA) is 29.5 Å². The van der Waals surface area contributed by atoms with Gasteiger partial charge in [-0.15, -0.1) is 0 Å². The Balaban J connectivity index is 1.10. The van der Waals surface area contributed by atoms with Gasteiger partial charge >= 0.3 is 0 Å². The predicted octanol–water partition coefficient (Wildman–Crippen LogP) is 12.9. The zero-order valence-corrected chi connectivity index (χ0v) is 25.4. The Kier molecular flexibility index (Phi) is 5.57. The third-order valence-electron chi connectivity index (χ3n) is 9.43. The molecule has 0 aliphatic heterocycles. The monoisotopic (exact) mass is 601 g/mol. The van der Waals surface area contributed by atoms with Crippen LogP contribution in [-0.2, 0) is 0 Å². The highest BCUT2D eigenvalue weighted by molar-refractivity contribution is 6.17. The standard InChI is InChI=1S/C44H27NO2/c1-2-8-32(9-3-1)45(33-20-16-28(17-21-33)30-19-23-37-35-10-4-6-12-41(35)46-43(37)24-30)34-22-18-29-14-15-31-25-44-40(27-39(31)38(29)26-34)36-11-5-7-13-42(36)47-44/h1-27H. The van der Waals surface area contributed by atoms with Gasteiger partial charge in [-0.25, -0.2) is 0 Å². The summed E-state index contributed by atoms with van der Waals surface area (Å²) in [6.07, 6.45) is 0. The van der Waals surface area contributed by atoms with Gasteiger partial charge in [-0.1, -0.05) is 91.0 Å². The van der Waals surface area contributed by atoms with Gasteiger partial charge in [-0.3, -0.25) is 0 Å². The van der Waals surface area contributed by atoms with Crippen LogP contribution in [0.3, 0.4) is 0 Å². The first-order chi connectivity index (χ1) is 23.3. The van der Waals surface area contributed by atoms with E-state index in [0.29, 0.717) is 0 Å². The van der Waals surface area contributed by atoms with E-state index in [1.807, 2.05) is 24.3 Å². The van der Waals surface area contributed by atoms with Crippen molar-refractivity contribution in [2.45, 2.75) is 0 Å². The minimum Gasteiger partial charge on any atom is -0.456 e. The summed E-state index contributed by atoms with van der Waals surface area (Å²) in [6, 6.07) is 58.0. The summed E-state index contributed by atoms with van der Waals surface area (Å²) in [6.45, 7) is 0. The normalized spacial score (nSPS) is 11.8. The summed E-state index contributed by atoms with van der Waals surface area (Å²) in [4.78, 5) is 2.33. The van der Waals surface area contributed by atoms with Crippen molar-refractivity contribution in [2.75, 3.05) is 4.90 Å². The summed E-state index contributed by atoms with van der Waals surface area (Å²) in [5.74, 6) is 0. The first-order valence-electron chi connectivity index (χ1n) is 15.9. The second kappa shape index (κ2) is 10.1. The number of anilines is 3. The van der Waals surface area contributed by atoms with Crippen molar-refractivity contribution in [3.05, 3.63) is 164 Å². The van der Waals surface area contributed by atoms with E-state index >= 15 is 0 Å². The molecule has 2 aromatic heterocycles. The van der Waals surface area contributed by atoms with E-state index in [2.05, 4.69) is 144 Å².